The molecule has 3 N–H and O–H groups in total. The molecule has 0 unspecified atom stereocenters. The molecule has 0 saturated carbocycles. The average Bonchev–Trinajstić information content (AvgIpc) is 2.98. The molecule has 3 rings (SSSR count). The summed E-state index contributed by atoms with van der Waals surface area (Å²) in [5, 5.41) is 14.3. The highest BCUT2D eigenvalue weighted by molar-refractivity contribution is 5.80. The van der Waals surface area contributed by atoms with Crippen LogP contribution in [0.15, 0.2) is 48.5 Å². The maximum atomic E-state index is 12.3. The minimum atomic E-state index is -0.991. The summed E-state index contributed by atoms with van der Waals surface area (Å²) in [6, 6.07) is 15.7. The first-order valence-corrected chi connectivity index (χ1v) is 10.3. The summed E-state index contributed by atoms with van der Waals surface area (Å²) in [6.07, 6.45) is -0.757. The lowest BCUT2D eigenvalue weighted by Gasteiger charge is -2.25. The monoisotopic (exact) mass is 424 g/mol. The van der Waals surface area contributed by atoms with E-state index in [1.165, 1.54) is 0 Å². The molecule has 0 bridgehead atoms. The number of benzene rings is 2. The summed E-state index contributed by atoms with van der Waals surface area (Å²) >= 11 is 0. The lowest BCUT2D eigenvalue weighted by atomic mass is 9.98. The molecule has 31 heavy (non-hydrogen) atoms. The van der Waals surface area contributed by atoms with Crippen LogP contribution in [-0.2, 0) is 14.3 Å². The smallest absolute Gasteiger partial charge is 0.407 e. The summed E-state index contributed by atoms with van der Waals surface area (Å²) in [4.78, 5) is 35.4. The van der Waals surface area contributed by atoms with Gasteiger partial charge in [0, 0.05) is 23.9 Å². The number of aliphatic carboxylic acids is 1. The van der Waals surface area contributed by atoms with Gasteiger partial charge in [-0.25, -0.2) is 4.79 Å². The number of ether oxygens (including phenoxy) is 1. The minimum absolute atomic E-state index is 0.0211. The van der Waals surface area contributed by atoms with E-state index in [2.05, 4.69) is 22.8 Å². The number of rotatable bonds is 8. The van der Waals surface area contributed by atoms with Crippen LogP contribution in [0.5, 0.6) is 0 Å². The number of hydrogen-bond donors (Lipinski definition) is 3. The van der Waals surface area contributed by atoms with E-state index in [9.17, 15) is 14.4 Å². The molecular weight excluding hydrogens is 396 g/mol. The first-order chi connectivity index (χ1) is 14.7. The van der Waals surface area contributed by atoms with Crippen LogP contribution in [0.25, 0.3) is 11.1 Å². The molecule has 7 heteroatoms. The highest BCUT2D eigenvalue weighted by Gasteiger charge is 2.29. The van der Waals surface area contributed by atoms with Crippen molar-refractivity contribution >= 4 is 18.0 Å². The summed E-state index contributed by atoms with van der Waals surface area (Å²) in [5.74, 6) is -1.36. The number of carboxylic acids is 1. The molecule has 2 aromatic rings. The molecule has 0 heterocycles. The fourth-order valence-electron chi connectivity index (χ4n) is 4.02. The summed E-state index contributed by atoms with van der Waals surface area (Å²) in [7, 11) is 0. The second kappa shape index (κ2) is 9.20. The van der Waals surface area contributed by atoms with Gasteiger partial charge < -0.3 is 20.5 Å². The fraction of sp³-hybridized carbons (Fsp3) is 0.375. The normalized spacial score (nSPS) is 13.6. The molecule has 0 fully saturated rings. The zero-order chi connectivity index (χ0) is 22.6. The Morgan fingerprint density at radius 3 is 2.13 bits per heavy atom. The van der Waals surface area contributed by atoms with Gasteiger partial charge in [-0.3, -0.25) is 9.59 Å². The number of carbonyl (C=O) groups excluding carboxylic acids is 2. The molecule has 1 aliphatic rings. The Hall–Kier alpha value is -3.35. The molecule has 2 aromatic carbocycles. The van der Waals surface area contributed by atoms with Gasteiger partial charge in [-0.1, -0.05) is 48.5 Å². The molecule has 1 atom stereocenters. The van der Waals surface area contributed by atoms with Crippen molar-refractivity contribution in [3.63, 3.8) is 0 Å². The van der Waals surface area contributed by atoms with E-state index in [1.54, 1.807) is 20.8 Å². The van der Waals surface area contributed by atoms with Gasteiger partial charge in [0.15, 0.2) is 0 Å². The second-order valence-corrected chi connectivity index (χ2v) is 8.58. The topological polar surface area (TPSA) is 105 Å². The minimum Gasteiger partial charge on any atom is -0.481 e. The Balaban J connectivity index is 1.53. The summed E-state index contributed by atoms with van der Waals surface area (Å²) in [6.45, 7) is 5.18. The van der Waals surface area contributed by atoms with Crippen molar-refractivity contribution in [2.24, 2.45) is 0 Å². The van der Waals surface area contributed by atoms with E-state index in [0.29, 0.717) is 0 Å². The molecule has 0 aliphatic heterocycles. The van der Waals surface area contributed by atoms with Crippen LogP contribution in [0.2, 0.25) is 0 Å². The van der Waals surface area contributed by atoms with Crippen molar-refractivity contribution in [1.82, 2.24) is 10.6 Å². The molecule has 0 aromatic heterocycles. The second-order valence-electron chi connectivity index (χ2n) is 8.58. The summed E-state index contributed by atoms with van der Waals surface area (Å²) < 4.78 is 5.49. The van der Waals surface area contributed by atoms with Crippen molar-refractivity contribution < 1.29 is 24.2 Å². The Labute approximate surface area is 181 Å². The van der Waals surface area contributed by atoms with Crippen LogP contribution in [0.3, 0.4) is 0 Å². The van der Waals surface area contributed by atoms with Crippen LogP contribution in [-0.4, -0.2) is 41.3 Å². The van der Waals surface area contributed by atoms with Gasteiger partial charge in [0.1, 0.15) is 6.61 Å². The number of carboxylic acid groups (broad SMARTS) is 1. The highest BCUT2D eigenvalue weighted by atomic mass is 16.5. The van der Waals surface area contributed by atoms with E-state index >= 15 is 0 Å². The molecule has 164 valence electrons. The largest absolute Gasteiger partial charge is 0.481 e. The van der Waals surface area contributed by atoms with Crippen LogP contribution in [0.1, 0.15) is 50.7 Å². The molecule has 0 saturated heterocycles. The summed E-state index contributed by atoms with van der Waals surface area (Å²) in [5.41, 5.74) is 3.70. The Morgan fingerprint density at radius 1 is 1.03 bits per heavy atom. The third-order valence-corrected chi connectivity index (χ3v) is 5.27. The van der Waals surface area contributed by atoms with Gasteiger partial charge in [0.05, 0.1) is 6.42 Å². The van der Waals surface area contributed by atoms with Gasteiger partial charge in [0.2, 0.25) is 5.91 Å². The highest BCUT2D eigenvalue weighted by Crippen LogP contribution is 2.44. The average molecular weight is 424 g/mol. The predicted molar refractivity (Wildman–Crippen MR) is 117 cm³/mol. The van der Waals surface area contributed by atoms with Gasteiger partial charge in [-0.05, 0) is 43.0 Å². The quantitative estimate of drug-likeness (QED) is 0.600. The number of hydrogen-bond acceptors (Lipinski definition) is 4. The maximum Gasteiger partial charge on any atom is 0.407 e. The van der Waals surface area contributed by atoms with Gasteiger partial charge in [-0.15, -0.1) is 0 Å². The van der Waals surface area contributed by atoms with Gasteiger partial charge in [0.25, 0.3) is 0 Å². The fourth-order valence-corrected chi connectivity index (χ4v) is 4.02. The third kappa shape index (κ3) is 5.63. The van der Waals surface area contributed by atoms with E-state index in [4.69, 9.17) is 9.84 Å². The standard InChI is InChI=1S/C24H28N2O5/c1-15(12-21(27)26-24(2,3)13-22(28)29)25-23(30)31-14-20-18-10-6-4-8-16(18)17-9-5-7-11-19(17)20/h4-11,15,20H,12-14H2,1-3H3,(H,25,30)(H,26,27)(H,28,29)/t15-/m0/s1. The molecule has 7 nitrogen and oxygen atoms in total. The molecule has 2 amide bonds. The van der Waals surface area contributed by atoms with Crippen molar-refractivity contribution in [1.29, 1.82) is 0 Å². The number of alkyl carbamates (subject to hydrolysis) is 1. The van der Waals surface area contributed by atoms with Crippen molar-refractivity contribution in [2.75, 3.05) is 6.61 Å². The number of nitrogens with one attached hydrogen (secondary N) is 2. The van der Waals surface area contributed by atoms with Crippen LogP contribution >= 0.6 is 0 Å². The van der Waals surface area contributed by atoms with Gasteiger partial charge >= 0.3 is 12.1 Å². The molecular formula is C24H28N2O5. The lowest BCUT2D eigenvalue weighted by Crippen LogP contribution is -2.47. The number of carbonyl (C=O) groups is 3. The van der Waals surface area contributed by atoms with Crippen LogP contribution in [0, 0.1) is 0 Å². The SMILES string of the molecule is C[C@@H](CC(=O)NC(C)(C)CC(=O)O)NC(=O)OCC1c2ccccc2-c2ccccc21. The molecule has 0 radical (unpaired) electrons. The zero-order valence-corrected chi connectivity index (χ0v) is 18.0. The predicted octanol–water partition coefficient (Wildman–Crippen LogP) is 3.67. The lowest BCUT2D eigenvalue weighted by molar-refractivity contribution is -0.138. The number of amides is 2. The van der Waals surface area contributed by atoms with Crippen LogP contribution < -0.4 is 10.6 Å². The van der Waals surface area contributed by atoms with Gasteiger partial charge in [-0.2, -0.15) is 0 Å². The Morgan fingerprint density at radius 2 is 1.58 bits per heavy atom. The number of fused-ring (bicyclic) bond motifs is 3. The Bertz CT molecular complexity index is 940. The zero-order valence-electron chi connectivity index (χ0n) is 18.0. The first-order valence-electron chi connectivity index (χ1n) is 10.3. The van der Waals surface area contributed by atoms with E-state index < -0.39 is 23.6 Å². The van der Waals surface area contributed by atoms with E-state index in [-0.39, 0.29) is 31.3 Å². The van der Waals surface area contributed by atoms with Crippen LogP contribution in [0.4, 0.5) is 4.79 Å². The third-order valence-electron chi connectivity index (χ3n) is 5.27. The van der Waals surface area contributed by atoms with Crippen molar-refractivity contribution in [3.05, 3.63) is 59.7 Å². The van der Waals surface area contributed by atoms with E-state index in [0.717, 1.165) is 22.3 Å². The first kappa shape index (κ1) is 22.3. The molecule has 1 aliphatic carbocycles. The Kier molecular flexibility index (Phi) is 6.63. The van der Waals surface area contributed by atoms with E-state index in [1.807, 2.05) is 36.4 Å². The molecule has 0 spiro atoms. The van der Waals surface area contributed by atoms with Crippen molar-refractivity contribution in [3.8, 4) is 11.1 Å². The van der Waals surface area contributed by atoms with Crippen molar-refractivity contribution in [2.45, 2.75) is 51.1 Å². The maximum absolute atomic E-state index is 12.3.